The Kier molecular flexibility index (Phi) is 5.00. The smallest absolute Gasteiger partial charge is 0.293 e. The zero-order valence-corrected chi connectivity index (χ0v) is 14.9. The minimum absolute atomic E-state index is 0.166. The highest BCUT2D eigenvalue weighted by Crippen LogP contribution is 2.26. The average Bonchev–Trinajstić information content (AvgIpc) is 2.95. The number of nitrogens with zero attached hydrogens (tertiary/aromatic N) is 3. The maximum atomic E-state index is 12.6. The summed E-state index contributed by atoms with van der Waals surface area (Å²) < 4.78 is 26.2. The summed E-state index contributed by atoms with van der Waals surface area (Å²) in [5.41, 5.74) is 1.49. The Morgan fingerprint density at radius 1 is 1.30 bits per heavy atom. The summed E-state index contributed by atoms with van der Waals surface area (Å²) in [6.07, 6.45) is 0. The van der Waals surface area contributed by atoms with Gasteiger partial charge in [0.2, 0.25) is 11.0 Å². The fourth-order valence-corrected chi connectivity index (χ4v) is 3.94. The number of carbonyl (C=O) groups is 1. The molecule has 1 amide bonds. The Morgan fingerprint density at radius 3 is 2.61 bits per heavy atom. The number of anilines is 2. The van der Waals surface area contributed by atoms with E-state index < -0.39 is 10.0 Å². The van der Waals surface area contributed by atoms with Crippen molar-refractivity contribution in [3.63, 3.8) is 0 Å². The van der Waals surface area contributed by atoms with Gasteiger partial charge in [-0.3, -0.25) is 9.10 Å². The van der Waals surface area contributed by atoms with Crippen molar-refractivity contribution in [1.82, 2.24) is 10.2 Å². The van der Waals surface area contributed by atoms with Crippen LogP contribution in [0.3, 0.4) is 0 Å². The minimum Gasteiger partial charge on any atom is -0.300 e. The van der Waals surface area contributed by atoms with Crippen LogP contribution in [0.25, 0.3) is 0 Å². The lowest BCUT2D eigenvalue weighted by Gasteiger charge is -2.17. The quantitative estimate of drug-likeness (QED) is 0.832. The fraction of sp³-hybridized carbons (Fsp3) is 0.357. The standard InChI is InChI=1S/C14H18N4O3S2/c1-9(2)12(19)15-13-16-17-14(22-13)23(20,21)18(4)11-7-5-6-10(3)8-11/h5-9H,1-4H3,(H,15,16,19). The molecule has 1 N–H and O–H groups in total. The first-order valence-corrected chi connectivity index (χ1v) is 9.17. The second-order valence-electron chi connectivity index (χ2n) is 5.33. The molecule has 1 aromatic carbocycles. The van der Waals surface area contributed by atoms with Crippen LogP contribution >= 0.6 is 11.3 Å². The third-order valence-electron chi connectivity index (χ3n) is 3.11. The molecule has 0 fully saturated rings. The highest BCUT2D eigenvalue weighted by Gasteiger charge is 2.26. The monoisotopic (exact) mass is 354 g/mol. The zero-order valence-electron chi connectivity index (χ0n) is 13.3. The van der Waals surface area contributed by atoms with E-state index in [4.69, 9.17) is 0 Å². The van der Waals surface area contributed by atoms with E-state index in [-0.39, 0.29) is 21.3 Å². The number of nitrogens with one attached hydrogen (secondary N) is 1. The lowest BCUT2D eigenvalue weighted by Crippen LogP contribution is -2.26. The van der Waals surface area contributed by atoms with Crippen LogP contribution in [0.1, 0.15) is 19.4 Å². The van der Waals surface area contributed by atoms with E-state index >= 15 is 0 Å². The first kappa shape index (κ1) is 17.4. The van der Waals surface area contributed by atoms with Crippen molar-refractivity contribution >= 4 is 38.1 Å². The summed E-state index contributed by atoms with van der Waals surface area (Å²) in [6, 6.07) is 7.13. The van der Waals surface area contributed by atoms with Gasteiger partial charge < -0.3 is 5.32 Å². The number of amides is 1. The summed E-state index contributed by atoms with van der Waals surface area (Å²) >= 11 is 0.829. The zero-order chi connectivity index (χ0) is 17.2. The molecule has 1 aromatic heterocycles. The van der Waals surface area contributed by atoms with Crippen molar-refractivity contribution in [2.24, 2.45) is 5.92 Å². The van der Waals surface area contributed by atoms with Gasteiger partial charge in [-0.1, -0.05) is 37.3 Å². The Hall–Kier alpha value is -2.00. The van der Waals surface area contributed by atoms with E-state index in [2.05, 4.69) is 15.5 Å². The van der Waals surface area contributed by atoms with E-state index in [1.807, 2.05) is 13.0 Å². The maximum Gasteiger partial charge on any atom is 0.293 e. The molecule has 0 atom stereocenters. The van der Waals surface area contributed by atoms with Crippen molar-refractivity contribution in [2.45, 2.75) is 25.1 Å². The van der Waals surface area contributed by atoms with Crippen LogP contribution in [0.15, 0.2) is 28.6 Å². The number of rotatable bonds is 5. The number of hydrogen-bond donors (Lipinski definition) is 1. The number of hydrogen-bond acceptors (Lipinski definition) is 6. The van der Waals surface area contributed by atoms with Gasteiger partial charge in [0.15, 0.2) is 0 Å². The molecule has 0 saturated heterocycles. The van der Waals surface area contributed by atoms with Crippen LogP contribution in [0.2, 0.25) is 0 Å². The lowest BCUT2D eigenvalue weighted by atomic mass is 10.2. The second-order valence-corrected chi connectivity index (χ2v) is 8.45. The van der Waals surface area contributed by atoms with Crippen LogP contribution < -0.4 is 9.62 Å². The van der Waals surface area contributed by atoms with Crippen LogP contribution in [0.4, 0.5) is 10.8 Å². The number of carbonyl (C=O) groups excluding carboxylic acids is 1. The van der Waals surface area contributed by atoms with E-state index in [1.165, 1.54) is 7.05 Å². The predicted octanol–water partition coefficient (Wildman–Crippen LogP) is 2.27. The molecule has 2 aromatic rings. The molecule has 2 rings (SSSR count). The number of sulfonamides is 1. The van der Waals surface area contributed by atoms with Crippen molar-refractivity contribution in [3.05, 3.63) is 29.8 Å². The molecule has 1 heterocycles. The first-order valence-electron chi connectivity index (χ1n) is 6.92. The first-order chi connectivity index (χ1) is 10.7. The Morgan fingerprint density at radius 2 is 2.00 bits per heavy atom. The molecule has 0 aliphatic heterocycles. The minimum atomic E-state index is -3.82. The molecule has 0 aliphatic carbocycles. The van der Waals surface area contributed by atoms with Gasteiger partial charge in [0.1, 0.15) is 0 Å². The highest BCUT2D eigenvalue weighted by atomic mass is 32.2. The summed E-state index contributed by atoms with van der Waals surface area (Å²) in [5.74, 6) is -0.467. The van der Waals surface area contributed by atoms with Crippen molar-refractivity contribution < 1.29 is 13.2 Å². The summed E-state index contributed by atoms with van der Waals surface area (Å²) in [6.45, 7) is 5.35. The third-order valence-corrected chi connectivity index (χ3v) is 6.08. The van der Waals surface area contributed by atoms with Gasteiger partial charge in [0.05, 0.1) is 5.69 Å². The van der Waals surface area contributed by atoms with E-state index in [1.54, 1.807) is 32.0 Å². The highest BCUT2D eigenvalue weighted by molar-refractivity contribution is 7.94. The molecular weight excluding hydrogens is 336 g/mol. The largest absolute Gasteiger partial charge is 0.300 e. The van der Waals surface area contributed by atoms with Crippen LogP contribution in [-0.4, -0.2) is 31.6 Å². The average molecular weight is 354 g/mol. The SMILES string of the molecule is Cc1cccc(N(C)S(=O)(=O)c2nnc(NC(=O)C(C)C)s2)c1. The summed E-state index contributed by atoms with van der Waals surface area (Å²) in [7, 11) is -2.36. The molecule has 0 bridgehead atoms. The molecule has 0 unspecified atom stereocenters. The molecule has 124 valence electrons. The van der Waals surface area contributed by atoms with Crippen molar-refractivity contribution in [2.75, 3.05) is 16.7 Å². The van der Waals surface area contributed by atoms with E-state index in [0.717, 1.165) is 21.2 Å². The van der Waals surface area contributed by atoms with Gasteiger partial charge in [-0.2, -0.15) is 8.42 Å². The van der Waals surface area contributed by atoms with Crippen LogP contribution in [0.5, 0.6) is 0 Å². The molecule has 0 radical (unpaired) electrons. The second kappa shape index (κ2) is 6.63. The van der Waals surface area contributed by atoms with Crippen molar-refractivity contribution in [3.8, 4) is 0 Å². The normalized spacial score (nSPS) is 11.5. The van der Waals surface area contributed by atoms with Crippen LogP contribution in [0, 0.1) is 12.8 Å². The van der Waals surface area contributed by atoms with Gasteiger partial charge in [0.25, 0.3) is 14.4 Å². The molecule has 0 aliphatic rings. The number of benzene rings is 1. The Bertz CT molecular complexity index is 815. The number of aromatic nitrogens is 2. The molecule has 23 heavy (non-hydrogen) atoms. The third kappa shape index (κ3) is 3.85. The van der Waals surface area contributed by atoms with Gasteiger partial charge in [-0.15, -0.1) is 10.2 Å². The maximum absolute atomic E-state index is 12.6. The van der Waals surface area contributed by atoms with Gasteiger partial charge in [-0.25, -0.2) is 0 Å². The molecule has 9 heteroatoms. The van der Waals surface area contributed by atoms with E-state index in [0.29, 0.717) is 5.69 Å². The van der Waals surface area contributed by atoms with Gasteiger partial charge in [0, 0.05) is 13.0 Å². The topological polar surface area (TPSA) is 92.3 Å². The molecule has 0 saturated carbocycles. The van der Waals surface area contributed by atoms with E-state index in [9.17, 15) is 13.2 Å². The summed E-state index contributed by atoms with van der Waals surface area (Å²) in [4.78, 5) is 11.6. The van der Waals surface area contributed by atoms with Crippen LogP contribution in [-0.2, 0) is 14.8 Å². The summed E-state index contributed by atoms with van der Waals surface area (Å²) in [5, 5.41) is 10.1. The predicted molar refractivity (Wildman–Crippen MR) is 90.1 cm³/mol. The molecular formula is C14H18N4O3S2. The van der Waals surface area contributed by atoms with Gasteiger partial charge >= 0.3 is 0 Å². The number of aryl methyl sites for hydroxylation is 1. The van der Waals surface area contributed by atoms with Crippen molar-refractivity contribution in [1.29, 1.82) is 0 Å². The Balaban J connectivity index is 2.26. The fourth-order valence-electron chi connectivity index (χ4n) is 1.69. The Labute approximate surface area is 139 Å². The molecule has 0 spiro atoms. The lowest BCUT2D eigenvalue weighted by molar-refractivity contribution is -0.118. The molecule has 7 nitrogen and oxygen atoms in total. The van der Waals surface area contributed by atoms with Gasteiger partial charge in [-0.05, 0) is 24.6 Å².